The molecule has 0 aliphatic rings. The number of carbonyl (C=O) groups is 1. The number of nitrogens with zero attached hydrogens (tertiary/aromatic N) is 1. The molecular weight excluding hydrogens is 241 g/mol. The summed E-state index contributed by atoms with van der Waals surface area (Å²) in [4.78, 5) is 10.6. The summed E-state index contributed by atoms with van der Waals surface area (Å²) < 4.78 is 13.1. The second kappa shape index (κ2) is 6.26. The third-order valence-electron chi connectivity index (χ3n) is 2.14. The Kier molecular flexibility index (Phi) is 4.98. The highest BCUT2D eigenvalue weighted by molar-refractivity contribution is 7.98. The molecule has 1 unspecified atom stereocenters. The van der Waals surface area contributed by atoms with Gasteiger partial charge in [0.25, 0.3) is 0 Å². The second-order valence-electron chi connectivity index (χ2n) is 3.71. The van der Waals surface area contributed by atoms with Crippen LogP contribution in [0.1, 0.15) is 18.1 Å². The Morgan fingerprint density at radius 1 is 1.59 bits per heavy atom. The third kappa shape index (κ3) is 4.45. The van der Waals surface area contributed by atoms with Crippen LogP contribution in [0.5, 0.6) is 0 Å². The van der Waals surface area contributed by atoms with E-state index in [0.717, 1.165) is 0 Å². The fourth-order valence-electron chi connectivity index (χ4n) is 1.22. The smallest absolute Gasteiger partial charge is 0.307 e. The fourth-order valence-corrected chi connectivity index (χ4v) is 2.24. The van der Waals surface area contributed by atoms with Gasteiger partial charge >= 0.3 is 5.97 Å². The summed E-state index contributed by atoms with van der Waals surface area (Å²) in [6, 6.07) is 6.03. The van der Waals surface area contributed by atoms with Gasteiger partial charge in [0.15, 0.2) is 0 Å². The standard InChI is InChI=1S/C12H12FNO2S/c1-8(12(15)16)6-17-7-10-2-9(5-14)3-11(13)4-10/h2-4,8H,6-7H2,1H3,(H,15,16). The lowest BCUT2D eigenvalue weighted by Crippen LogP contribution is -2.11. The Labute approximate surface area is 103 Å². The van der Waals surface area contributed by atoms with E-state index in [9.17, 15) is 9.18 Å². The van der Waals surface area contributed by atoms with Gasteiger partial charge in [-0.25, -0.2) is 4.39 Å². The minimum atomic E-state index is -0.838. The normalized spacial score (nSPS) is 11.8. The average molecular weight is 253 g/mol. The molecule has 17 heavy (non-hydrogen) atoms. The summed E-state index contributed by atoms with van der Waals surface area (Å²) in [5.41, 5.74) is 0.982. The zero-order chi connectivity index (χ0) is 12.8. The van der Waals surface area contributed by atoms with Crippen LogP contribution < -0.4 is 0 Å². The fraction of sp³-hybridized carbons (Fsp3) is 0.333. The summed E-state index contributed by atoms with van der Waals surface area (Å²) in [7, 11) is 0. The van der Waals surface area contributed by atoms with Crippen LogP contribution in [-0.2, 0) is 10.5 Å². The highest BCUT2D eigenvalue weighted by Gasteiger charge is 2.10. The minimum Gasteiger partial charge on any atom is -0.481 e. The second-order valence-corrected chi connectivity index (χ2v) is 4.74. The van der Waals surface area contributed by atoms with E-state index in [-0.39, 0.29) is 5.56 Å². The molecule has 0 saturated heterocycles. The van der Waals surface area contributed by atoms with Crippen LogP contribution in [0.3, 0.4) is 0 Å². The first kappa shape index (κ1) is 13.5. The number of benzene rings is 1. The molecule has 0 aliphatic carbocycles. The van der Waals surface area contributed by atoms with E-state index >= 15 is 0 Å². The van der Waals surface area contributed by atoms with Crippen molar-refractivity contribution in [3.63, 3.8) is 0 Å². The molecule has 0 aliphatic heterocycles. The molecule has 1 rings (SSSR count). The summed E-state index contributed by atoms with van der Waals surface area (Å²) in [6.45, 7) is 1.63. The van der Waals surface area contributed by atoms with Gasteiger partial charge < -0.3 is 5.11 Å². The van der Waals surface area contributed by atoms with Crippen LogP contribution in [0.25, 0.3) is 0 Å². The topological polar surface area (TPSA) is 61.1 Å². The maximum absolute atomic E-state index is 13.1. The van der Waals surface area contributed by atoms with Gasteiger partial charge in [0, 0.05) is 11.5 Å². The van der Waals surface area contributed by atoms with Crippen LogP contribution in [-0.4, -0.2) is 16.8 Å². The molecule has 90 valence electrons. The van der Waals surface area contributed by atoms with Crippen molar-refractivity contribution in [2.24, 2.45) is 5.92 Å². The zero-order valence-corrected chi connectivity index (χ0v) is 10.1. The predicted octanol–water partition coefficient (Wildman–Crippen LogP) is 2.65. The van der Waals surface area contributed by atoms with Crippen molar-refractivity contribution >= 4 is 17.7 Å². The molecule has 1 aromatic rings. The quantitative estimate of drug-likeness (QED) is 0.876. The van der Waals surface area contributed by atoms with E-state index < -0.39 is 17.7 Å². The van der Waals surface area contributed by atoms with E-state index in [2.05, 4.69) is 0 Å². The lowest BCUT2D eigenvalue weighted by molar-refractivity contribution is -0.140. The van der Waals surface area contributed by atoms with Gasteiger partial charge in [-0.2, -0.15) is 17.0 Å². The maximum Gasteiger partial charge on any atom is 0.307 e. The molecule has 5 heteroatoms. The van der Waals surface area contributed by atoms with Crippen molar-refractivity contribution < 1.29 is 14.3 Å². The van der Waals surface area contributed by atoms with E-state index in [0.29, 0.717) is 17.1 Å². The van der Waals surface area contributed by atoms with E-state index in [1.165, 1.54) is 23.9 Å². The van der Waals surface area contributed by atoms with Gasteiger partial charge in [-0.05, 0) is 23.8 Å². The molecule has 1 N–H and O–H groups in total. The first-order valence-electron chi connectivity index (χ1n) is 5.03. The number of hydrogen-bond donors (Lipinski definition) is 1. The van der Waals surface area contributed by atoms with Gasteiger partial charge in [0.2, 0.25) is 0 Å². The molecule has 1 aromatic carbocycles. The van der Waals surface area contributed by atoms with Gasteiger partial charge in [0.05, 0.1) is 17.6 Å². The number of rotatable bonds is 5. The maximum atomic E-state index is 13.1. The average Bonchev–Trinajstić information content (AvgIpc) is 2.27. The number of carboxylic acid groups (broad SMARTS) is 1. The van der Waals surface area contributed by atoms with Gasteiger partial charge in [-0.15, -0.1) is 0 Å². The van der Waals surface area contributed by atoms with Gasteiger partial charge in [-0.3, -0.25) is 4.79 Å². The van der Waals surface area contributed by atoms with Crippen LogP contribution in [0, 0.1) is 23.1 Å². The van der Waals surface area contributed by atoms with Crippen molar-refractivity contribution in [1.82, 2.24) is 0 Å². The zero-order valence-electron chi connectivity index (χ0n) is 9.31. The van der Waals surface area contributed by atoms with E-state index in [1.54, 1.807) is 13.0 Å². The molecule has 1 atom stereocenters. The van der Waals surface area contributed by atoms with Crippen LogP contribution in [0.2, 0.25) is 0 Å². The summed E-state index contributed by atoms with van der Waals surface area (Å²) >= 11 is 1.41. The molecule has 0 fully saturated rings. The number of aliphatic carboxylic acids is 1. The van der Waals surface area contributed by atoms with Crippen molar-refractivity contribution in [2.45, 2.75) is 12.7 Å². The summed E-state index contributed by atoms with van der Waals surface area (Å²) in [5, 5.41) is 17.4. The minimum absolute atomic E-state index is 0.284. The van der Waals surface area contributed by atoms with E-state index in [4.69, 9.17) is 10.4 Å². The lowest BCUT2D eigenvalue weighted by atomic mass is 10.1. The van der Waals surface area contributed by atoms with Gasteiger partial charge in [-0.1, -0.05) is 6.92 Å². The molecule has 0 saturated carbocycles. The van der Waals surface area contributed by atoms with E-state index in [1.807, 2.05) is 6.07 Å². The lowest BCUT2D eigenvalue weighted by Gasteiger charge is -2.06. The monoisotopic (exact) mass is 253 g/mol. The van der Waals surface area contributed by atoms with Crippen LogP contribution in [0.4, 0.5) is 4.39 Å². The summed E-state index contributed by atoms with van der Waals surface area (Å²) in [5.74, 6) is -0.734. The first-order valence-corrected chi connectivity index (χ1v) is 6.18. The number of halogens is 1. The Bertz CT molecular complexity index is 456. The summed E-state index contributed by atoms with van der Waals surface area (Å²) in [6.07, 6.45) is 0. The van der Waals surface area contributed by atoms with Crippen LogP contribution >= 0.6 is 11.8 Å². The number of carboxylic acids is 1. The SMILES string of the molecule is CC(CSCc1cc(F)cc(C#N)c1)C(=O)O. The van der Waals surface area contributed by atoms with Crippen molar-refractivity contribution in [3.8, 4) is 6.07 Å². The molecule has 0 spiro atoms. The molecule has 0 amide bonds. The molecule has 0 bridgehead atoms. The third-order valence-corrected chi connectivity index (χ3v) is 3.42. The molecule has 0 radical (unpaired) electrons. The van der Waals surface area contributed by atoms with Crippen molar-refractivity contribution in [2.75, 3.05) is 5.75 Å². The first-order chi connectivity index (χ1) is 8.02. The van der Waals surface area contributed by atoms with Gasteiger partial charge in [0.1, 0.15) is 5.82 Å². The molecule has 0 heterocycles. The number of nitriles is 1. The van der Waals surface area contributed by atoms with Crippen molar-refractivity contribution in [3.05, 3.63) is 35.1 Å². The number of hydrogen-bond acceptors (Lipinski definition) is 3. The molecule has 3 nitrogen and oxygen atoms in total. The Morgan fingerprint density at radius 2 is 2.29 bits per heavy atom. The largest absolute Gasteiger partial charge is 0.481 e. The van der Waals surface area contributed by atoms with Crippen molar-refractivity contribution in [1.29, 1.82) is 5.26 Å². The Morgan fingerprint density at radius 3 is 2.88 bits per heavy atom. The Balaban J connectivity index is 2.55. The highest BCUT2D eigenvalue weighted by atomic mass is 32.2. The molecular formula is C12H12FNO2S. The Hall–Kier alpha value is -1.54. The van der Waals surface area contributed by atoms with Crippen LogP contribution in [0.15, 0.2) is 18.2 Å². The predicted molar refractivity (Wildman–Crippen MR) is 64.1 cm³/mol. The highest BCUT2D eigenvalue weighted by Crippen LogP contribution is 2.18. The molecule has 0 aromatic heterocycles. The number of thioether (sulfide) groups is 1.